The first-order valence-corrected chi connectivity index (χ1v) is 4.56. The van der Waals surface area contributed by atoms with Gasteiger partial charge in [-0.3, -0.25) is 5.10 Å². The van der Waals surface area contributed by atoms with Crippen LogP contribution in [0.25, 0.3) is 10.9 Å². The minimum atomic E-state index is -0.349. The molecule has 1 N–H and O–H groups in total. The summed E-state index contributed by atoms with van der Waals surface area (Å²) in [6.45, 7) is 1.95. The molecule has 1 aromatic heterocycles. The smallest absolute Gasteiger partial charge is 0.217 e. The lowest BCUT2D eigenvalue weighted by Gasteiger charge is -1.97. The fraction of sp³-hybridized carbons (Fsp3) is 0.125. The Balaban J connectivity index is 2.96. The first-order valence-electron chi connectivity index (χ1n) is 3.49. The second kappa shape index (κ2) is 2.69. The lowest BCUT2D eigenvalue weighted by Crippen LogP contribution is -1.82. The van der Waals surface area contributed by atoms with Crippen molar-refractivity contribution in [2.45, 2.75) is 6.92 Å². The Bertz CT molecular complexity index is 436. The quantitative estimate of drug-likeness (QED) is 0.736. The van der Waals surface area contributed by atoms with Crippen molar-refractivity contribution in [1.82, 2.24) is 10.2 Å². The van der Waals surface area contributed by atoms with Crippen LogP contribution in [0.5, 0.6) is 0 Å². The van der Waals surface area contributed by atoms with Gasteiger partial charge in [0, 0.05) is 3.57 Å². The average molecular weight is 276 g/mol. The van der Waals surface area contributed by atoms with Crippen molar-refractivity contribution in [2.24, 2.45) is 0 Å². The molecule has 2 nitrogen and oxygen atoms in total. The number of H-pyrrole nitrogens is 1. The number of benzene rings is 1. The van der Waals surface area contributed by atoms with Crippen LogP contribution in [0, 0.1) is 16.4 Å². The van der Waals surface area contributed by atoms with Crippen molar-refractivity contribution < 1.29 is 4.39 Å². The number of hydrogen-bond donors (Lipinski definition) is 1. The third-order valence-electron chi connectivity index (χ3n) is 1.81. The van der Waals surface area contributed by atoms with Gasteiger partial charge in [0.1, 0.15) is 0 Å². The first-order chi connectivity index (χ1) is 5.70. The normalized spacial score (nSPS) is 10.9. The van der Waals surface area contributed by atoms with Gasteiger partial charge >= 0.3 is 0 Å². The zero-order valence-corrected chi connectivity index (χ0v) is 8.52. The summed E-state index contributed by atoms with van der Waals surface area (Å²) in [4.78, 5) is 0. The zero-order valence-electron chi connectivity index (χ0n) is 6.36. The maximum absolute atomic E-state index is 13.1. The SMILES string of the molecule is Cc1ccc2n[nH]c(F)c2c1I. The van der Waals surface area contributed by atoms with E-state index in [1.54, 1.807) is 0 Å². The largest absolute Gasteiger partial charge is 0.252 e. The van der Waals surface area contributed by atoms with Gasteiger partial charge in [0.05, 0.1) is 10.9 Å². The minimum absolute atomic E-state index is 0.349. The fourth-order valence-corrected chi connectivity index (χ4v) is 1.83. The molecule has 62 valence electrons. The molecule has 0 amide bonds. The van der Waals surface area contributed by atoms with Crippen molar-refractivity contribution in [3.05, 3.63) is 27.2 Å². The van der Waals surface area contributed by atoms with Gasteiger partial charge in [-0.1, -0.05) is 6.07 Å². The Morgan fingerprint density at radius 3 is 3.00 bits per heavy atom. The highest BCUT2D eigenvalue weighted by atomic mass is 127. The Labute approximate surface area is 82.3 Å². The summed E-state index contributed by atoms with van der Waals surface area (Å²) in [5.74, 6) is -0.349. The monoisotopic (exact) mass is 276 g/mol. The van der Waals surface area contributed by atoms with E-state index in [1.165, 1.54) is 0 Å². The number of aryl methyl sites for hydroxylation is 1. The summed E-state index contributed by atoms with van der Waals surface area (Å²) in [7, 11) is 0. The number of halogens is 2. The molecule has 0 bridgehead atoms. The van der Waals surface area contributed by atoms with E-state index in [2.05, 4.69) is 32.8 Å². The molecule has 0 aliphatic carbocycles. The Morgan fingerprint density at radius 1 is 1.50 bits per heavy atom. The second-order valence-corrected chi connectivity index (χ2v) is 3.71. The molecule has 0 radical (unpaired) electrons. The molecule has 12 heavy (non-hydrogen) atoms. The molecule has 0 spiro atoms. The Morgan fingerprint density at radius 2 is 2.25 bits per heavy atom. The molecule has 0 unspecified atom stereocenters. The van der Waals surface area contributed by atoms with E-state index >= 15 is 0 Å². The minimum Gasteiger partial charge on any atom is -0.252 e. The number of rotatable bonds is 0. The van der Waals surface area contributed by atoms with E-state index in [-0.39, 0.29) is 5.95 Å². The summed E-state index contributed by atoms with van der Waals surface area (Å²) < 4.78 is 14.0. The van der Waals surface area contributed by atoms with Crippen LogP contribution in [-0.2, 0) is 0 Å². The number of nitrogens with one attached hydrogen (secondary N) is 1. The summed E-state index contributed by atoms with van der Waals surface area (Å²) >= 11 is 2.12. The molecule has 0 fully saturated rings. The molecule has 2 rings (SSSR count). The molecule has 0 saturated carbocycles. The Hall–Kier alpha value is -0.650. The lowest BCUT2D eigenvalue weighted by atomic mass is 10.2. The highest BCUT2D eigenvalue weighted by Crippen LogP contribution is 2.24. The van der Waals surface area contributed by atoms with Gasteiger partial charge in [-0.05, 0) is 41.1 Å². The molecular weight excluding hydrogens is 270 g/mol. The number of aromatic amines is 1. The van der Waals surface area contributed by atoms with E-state index in [0.29, 0.717) is 10.9 Å². The highest BCUT2D eigenvalue weighted by molar-refractivity contribution is 14.1. The number of nitrogens with zero attached hydrogens (tertiary/aromatic N) is 1. The molecule has 0 aliphatic heterocycles. The van der Waals surface area contributed by atoms with Crippen molar-refractivity contribution in [3.8, 4) is 0 Å². The predicted molar refractivity (Wildman–Crippen MR) is 53.5 cm³/mol. The predicted octanol–water partition coefficient (Wildman–Crippen LogP) is 2.62. The molecule has 4 heteroatoms. The van der Waals surface area contributed by atoms with Crippen LogP contribution < -0.4 is 0 Å². The third-order valence-corrected chi connectivity index (χ3v) is 3.20. The van der Waals surface area contributed by atoms with Gasteiger partial charge in [0.15, 0.2) is 0 Å². The lowest BCUT2D eigenvalue weighted by molar-refractivity contribution is 0.588. The van der Waals surface area contributed by atoms with Gasteiger partial charge in [0.2, 0.25) is 5.95 Å². The molecule has 0 aliphatic rings. The van der Waals surface area contributed by atoms with Crippen molar-refractivity contribution >= 4 is 33.5 Å². The summed E-state index contributed by atoms with van der Waals surface area (Å²) in [5.41, 5.74) is 1.76. The average Bonchev–Trinajstić information content (AvgIpc) is 2.41. The van der Waals surface area contributed by atoms with Crippen LogP contribution in [0.15, 0.2) is 12.1 Å². The standard InChI is InChI=1S/C8H6FIN2/c1-4-2-3-5-6(7(4)10)8(9)12-11-5/h2-3H,1H3,(H,11,12). The van der Waals surface area contributed by atoms with Gasteiger partial charge in [-0.15, -0.1) is 0 Å². The Kier molecular flexibility index (Phi) is 1.79. The van der Waals surface area contributed by atoms with E-state index in [4.69, 9.17) is 0 Å². The molecule has 1 aromatic carbocycles. The molecule has 1 heterocycles. The topological polar surface area (TPSA) is 28.7 Å². The molecule has 0 atom stereocenters. The van der Waals surface area contributed by atoms with Crippen LogP contribution in [0.2, 0.25) is 0 Å². The van der Waals surface area contributed by atoms with E-state index in [0.717, 1.165) is 9.13 Å². The van der Waals surface area contributed by atoms with E-state index < -0.39 is 0 Å². The van der Waals surface area contributed by atoms with Crippen LogP contribution in [-0.4, -0.2) is 10.2 Å². The highest BCUT2D eigenvalue weighted by Gasteiger charge is 2.09. The maximum Gasteiger partial charge on any atom is 0.217 e. The van der Waals surface area contributed by atoms with Gasteiger partial charge in [-0.25, -0.2) is 0 Å². The summed E-state index contributed by atoms with van der Waals surface area (Å²) in [6.07, 6.45) is 0. The number of aromatic nitrogens is 2. The first kappa shape index (κ1) is 7.97. The van der Waals surface area contributed by atoms with Crippen LogP contribution in [0.1, 0.15) is 5.56 Å². The van der Waals surface area contributed by atoms with E-state index in [9.17, 15) is 4.39 Å². The van der Waals surface area contributed by atoms with E-state index in [1.807, 2.05) is 19.1 Å². The summed E-state index contributed by atoms with van der Waals surface area (Å²) in [5, 5.41) is 6.73. The number of hydrogen-bond acceptors (Lipinski definition) is 1. The third kappa shape index (κ3) is 1.01. The van der Waals surface area contributed by atoms with Crippen LogP contribution >= 0.6 is 22.6 Å². The fourth-order valence-electron chi connectivity index (χ4n) is 1.14. The van der Waals surface area contributed by atoms with Crippen molar-refractivity contribution in [1.29, 1.82) is 0 Å². The van der Waals surface area contributed by atoms with Gasteiger partial charge in [0.25, 0.3) is 0 Å². The number of fused-ring (bicyclic) bond motifs is 1. The molecular formula is C8H6FIN2. The van der Waals surface area contributed by atoms with Gasteiger partial charge in [-0.2, -0.15) is 9.49 Å². The summed E-state index contributed by atoms with van der Waals surface area (Å²) in [6, 6.07) is 3.75. The molecule has 0 saturated heterocycles. The van der Waals surface area contributed by atoms with Crippen LogP contribution in [0.3, 0.4) is 0 Å². The second-order valence-electron chi connectivity index (χ2n) is 2.63. The van der Waals surface area contributed by atoms with Crippen molar-refractivity contribution in [2.75, 3.05) is 0 Å². The maximum atomic E-state index is 13.1. The van der Waals surface area contributed by atoms with Crippen LogP contribution in [0.4, 0.5) is 4.39 Å². The van der Waals surface area contributed by atoms with Gasteiger partial charge < -0.3 is 0 Å². The molecule has 2 aromatic rings. The van der Waals surface area contributed by atoms with Crippen molar-refractivity contribution in [3.63, 3.8) is 0 Å². The zero-order chi connectivity index (χ0) is 8.72.